The highest BCUT2D eigenvalue weighted by Crippen LogP contribution is 2.39. The molecule has 3 aromatic heterocycles. The molecular weight excluding hydrogens is 517 g/mol. The van der Waals surface area contributed by atoms with Gasteiger partial charge in [-0.15, -0.1) is 0 Å². The number of benzene rings is 1. The second-order valence-electron chi connectivity index (χ2n) is 9.62. The molecule has 2 fully saturated rings. The minimum atomic E-state index is -0.460. The van der Waals surface area contributed by atoms with Gasteiger partial charge in [-0.2, -0.15) is 15.1 Å². The first-order chi connectivity index (χ1) is 17.9. The molecule has 1 saturated carbocycles. The third-order valence-electron chi connectivity index (χ3n) is 6.64. The van der Waals surface area contributed by atoms with Crippen molar-refractivity contribution < 1.29 is 14.2 Å². The molecule has 4 heterocycles. The normalized spacial score (nSPS) is 20.1. The highest BCUT2D eigenvalue weighted by Gasteiger charge is 2.32. The maximum Gasteiger partial charge on any atom is 0.228 e. The zero-order valence-electron chi connectivity index (χ0n) is 20.5. The molecule has 2 aliphatic rings. The molecule has 12 heteroatoms. The maximum absolute atomic E-state index is 15.1. The number of hydrogen-bond acceptors (Lipinski definition) is 9. The monoisotopic (exact) mass is 543 g/mol. The number of aromatic nitrogens is 5. The molecule has 194 valence electrons. The molecular formula is C25H27ClFN7O2S. The van der Waals surface area contributed by atoms with E-state index >= 15 is 4.39 Å². The van der Waals surface area contributed by atoms with Crippen LogP contribution in [0.4, 0.5) is 15.5 Å². The van der Waals surface area contributed by atoms with Crippen molar-refractivity contribution in [3.05, 3.63) is 47.0 Å². The summed E-state index contributed by atoms with van der Waals surface area (Å²) in [5, 5.41) is 14.9. The number of anilines is 2. The van der Waals surface area contributed by atoms with Crippen molar-refractivity contribution in [3.63, 3.8) is 0 Å². The molecule has 37 heavy (non-hydrogen) atoms. The van der Waals surface area contributed by atoms with Crippen LogP contribution in [0.25, 0.3) is 21.6 Å². The lowest BCUT2D eigenvalue weighted by atomic mass is 10.1. The fraction of sp³-hybridized carbons (Fsp3) is 0.440. The molecule has 1 saturated heterocycles. The van der Waals surface area contributed by atoms with Crippen LogP contribution in [0.3, 0.4) is 0 Å². The van der Waals surface area contributed by atoms with Crippen LogP contribution >= 0.6 is 22.9 Å². The van der Waals surface area contributed by atoms with E-state index in [1.165, 1.54) is 17.4 Å². The van der Waals surface area contributed by atoms with Gasteiger partial charge in [0.25, 0.3) is 0 Å². The van der Waals surface area contributed by atoms with Crippen molar-refractivity contribution in [1.82, 2.24) is 24.7 Å². The molecule has 1 aliphatic carbocycles. The summed E-state index contributed by atoms with van der Waals surface area (Å²) >= 11 is 7.40. The lowest BCUT2D eigenvalue weighted by Gasteiger charge is -2.36. The molecule has 1 aliphatic heterocycles. The number of morpholine rings is 1. The molecule has 0 bridgehead atoms. The molecule has 0 radical (unpaired) electrons. The van der Waals surface area contributed by atoms with Crippen LogP contribution in [-0.4, -0.2) is 69.2 Å². The summed E-state index contributed by atoms with van der Waals surface area (Å²) in [7, 11) is 1.85. The number of fused-ring (bicyclic) bond motifs is 1. The molecule has 1 aromatic carbocycles. The molecule has 4 aromatic rings. The highest BCUT2D eigenvalue weighted by molar-refractivity contribution is 7.22. The van der Waals surface area contributed by atoms with E-state index in [4.69, 9.17) is 31.3 Å². The van der Waals surface area contributed by atoms with E-state index in [1.54, 1.807) is 12.1 Å². The number of aliphatic hydroxyl groups excluding tert-OH is 1. The second kappa shape index (κ2) is 9.79. The summed E-state index contributed by atoms with van der Waals surface area (Å²) in [5.74, 6) is 0.00562. The van der Waals surface area contributed by atoms with Crippen molar-refractivity contribution in [3.8, 4) is 11.3 Å². The Morgan fingerprint density at radius 3 is 2.84 bits per heavy atom. The Morgan fingerprint density at radius 2 is 2.08 bits per heavy atom. The van der Waals surface area contributed by atoms with Gasteiger partial charge in [0.1, 0.15) is 16.6 Å². The number of nitrogens with zero attached hydrogens (tertiary/aromatic N) is 7. The largest absolute Gasteiger partial charge is 0.395 e. The molecule has 0 spiro atoms. The van der Waals surface area contributed by atoms with Crippen molar-refractivity contribution in [2.75, 3.05) is 43.1 Å². The SMILES string of the molecule is CC1CN(c2nc(-c3ccc(Cl)cc3F)c3sc(N(C)CCO)nc3n2)CC(c2cnn(C3CC3)c2)O1. The third-order valence-corrected chi connectivity index (χ3v) is 8.04. The minimum Gasteiger partial charge on any atom is -0.395 e. The van der Waals surface area contributed by atoms with E-state index in [-0.39, 0.29) is 18.8 Å². The molecule has 9 nitrogen and oxygen atoms in total. The first kappa shape index (κ1) is 24.5. The zero-order chi connectivity index (χ0) is 25.7. The molecule has 0 amide bonds. The van der Waals surface area contributed by atoms with Gasteiger partial charge in [0.15, 0.2) is 10.8 Å². The van der Waals surface area contributed by atoms with Crippen molar-refractivity contribution in [2.24, 2.45) is 0 Å². The Bertz CT molecular complexity index is 1440. The van der Waals surface area contributed by atoms with E-state index < -0.39 is 5.82 Å². The Kier molecular flexibility index (Phi) is 6.47. The number of rotatable bonds is 7. The highest BCUT2D eigenvalue weighted by atomic mass is 35.5. The molecule has 2 unspecified atom stereocenters. The van der Waals surface area contributed by atoms with Gasteiger partial charge in [0.05, 0.1) is 37.2 Å². The number of thiazole rings is 1. The van der Waals surface area contributed by atoms with Crippen LogP contribution in [-0.2, 0) is 4.74 Å². The van der Waals surface area contributed by atoms with Gasteiger partial charge in [0, 0.05) is 42.5 Å². The van der Waals surface area contributed by atoms with Gasteiger partial charge >= 0.3 is 0 Å². The van der Waals surface area contributed by atoms with Gasteiger partial charge in [0.2, 0.25) is 5.95 Å². The Balaban J connectivity index is 1.41. The minimum absolute atomic E-state index is 0.00753. The smallest absolute Gasteiger partial charge is 0.228 e. The van der Waals surface area contributed by atoms with Crippen molar-refractivity contribution in [1.29, 1.82) is 0 Å². The number of likely N-dealkylation sites (N-methyl/N-ethyl adjacent to an activating group) is 1. The van der Waals surface area contributed by atoms with E-state index in [2.05, 4.69) is 16.2 Å². The summed E-state index contributed by atoms with van der Waals surface area (Å²) in [5.41, 5.74) is 2.31. The summed E-state index contributed by atoms with van der Waals surface area (Å²) in [6.07, 6.45) is 6.02. The number of hydrogen-bond donors (Lipinski definition) is 1. The number of halogens is 2. The van der Waals surface area contributed by atoms with Gasteiger partial charge < -0.3 is 19.6 Å². The summed E-state index contributed by atoms with van der Waals surface area (Å²) in [6.45, 7) is 3.56. The predicted octanol–water partition coefficient (Wildman–Crippen LogP) is 4.47. The molecule has 6 rings (SSSR count). The first-order valence-corrected chi connectivity index (χ1v) is 13.5. The number of ether oxygens (including phenoxy) is 1. The summed E-state index contributed by atoms with van der Waals surface area (Å²) in [4.78, 5) is 18.3. The van der Waals surface area contributed by atoms with Crippen molar-refractivity contribution >= 4 is 44.4 Å². The molecule has 2 atom stereocenters. The van der Waals surface area contributed by atoms with Crippen LogP contribution < -0.4 is 9.80 Å². The van der Waals surface area contributed by atoms with Crippen LogP contribution in [0.15, 0.2) is 30.6 Å². The van der Waals surface area contributed by atoms with Crippen LogP contribution in [0.5, 0.6) is 0 Å². The first-order valence-electron chi connectivity index (χ1n) is 12.3. The van der Waals surface area contributed by atoms with Crippen LogP contribution in [0.1, 0.15) is 37.5 Å². The Labute approximate surface area is 222 Å². The topological polar surface area (TPSA) is 92.4 Å². The van der Waals surface area contributed by atoms with Gasteiger partial charge in [-0.05, 0) is 38.0 Å². The lowest BCUT2D eigenvalue weighted by Crippen LogP contribution is -2.43. The quantitative estimate of drug-likeness (QED) is 0.365. The summed E-state index contributed by atoms with van der Waals surface area (Å²) < 4.78 is 24.1. The van der Waals surface area contributed by atoms with Crippen LogP contribution in [0, 0.1) is 5.82 Å². The van der Waals surface area contributed by atoms with Gasteiger partial charge in [-0.25, -0.2) is 9.37 Å². The summed E-state index contributed by atoms with van der Waals surface area (Å²) in [6, 6.07) is 5.07. The van der Waals surface area contributed by atoms with E-state index in [0.717, 1.165) is 18.4 Å². The molecule has 1 N–H and O–H groups in total. The van der Waals surface area contributed by atoms with Gasteiger partial charge in [-0.3, -0.25) is 4.68 Å². The standard InChI is InChI=1S/C25H27ClFN7O2S/c1-14-11-33(13-20(36-14)15-10-28-34(12-15)17-4-5-17)24-29-21(18-6-3-16(26)9-19(18)27)22-23(30-24)31-25(37-22)32(2)7-8-35/h3,6,9-10,12,14,17,20,35H,4-5,7-8,11,13H2,1-2H3. The fourth-order valence-electron chi connectivity index (χ4n) is 4.57. The lowest BCUT2D eigenvalue weighted by molar-refractivity contribution is -0.0178. The van der Waals surface area contributed by atoms with E-state index in [1.807, 2.05) is 29.7 Å². The zero-order valence-corrected chi connectivity index (χ0v) is 22.1. The average molecular weight is 544 g/mol. The van der Waals surface area contributed by atoms with E-state index in [0.29, 0.717) is 63.4 Å². The van der Waals surface area contributed by atoms with E-state index in [9.17, 15) is 5.11 Å². The van der Waals surface area contributed by atoms with Crippen molar-refractivity contribution in [2.45, 2.75) is 38.0 Å². The average Bonchev–Trinajstić information content (AvgIpc) is 3.43. The number of aliphatic hydroxyl groups is 1. The predicted molar refractivity (Wildman–Crippen MR) is 142 cm³/mol. The Hall–Kier alpha value is -2.86. The maximum atomic E-state index is 15.1. The van der Waals surface area contributed by atoms with Crippen LogP contribution in [0.2, 0.25) is 5.02 Å². The second-order valence-corrected chi connectivity index (χ2v) is 11.0. The third kappa shape index (κ3) is 4.88. The van der Waals surface area contributed by atoms with Gasteiger partial charge in [-0.1, -0.05) is 22.9 Å². The Morgan fingerprint density at radius 1 is 1.24 bits per heavy atom. The fourth-order valence-corrected chi connectivity index (χ4v) is 5.73.